The van der Waals surface area contributed by atoms with Crippen LogP contribution in [0.1, 0.15) is 38.8 Å². The van der Waals surface area contributed by atoms with Crippen molar-refractivity contribution >= 4 is 33.7 Å². The fourth-order valence-electron chi connectivity index (χ4n) is 4.73. The SMILES string of the molecule is C=c1cc(-c2ncnc3c(CC(C)C)c[s+][c-]23)cc2c1=C1C=CC=C[C+]1C2(C)C. The van der Waals surface area contributed by atoms with Crippen molar-refractivity contribution in [2.45, 2.75) is 39.5 Å². The summed E-state index contributed by atoms with van der Waals surface area (Å²) in [6.07, 6.45) is 11.5. The van der Waals surface area contributed by atoms with Crippen LogP contribution in [0.25, 0.3) is 33.6 Å². The highest BCUT2D eigenvalue weighted by Gasteiger charge is 2.45. The summed E-state index contributed by atoms with van der Waals surface area (Å²) in [6, 6.07) is 4.52. The van der Waals surface area contributed by atoms with Crippen LogP contribution in [0.2, 0.25) is 0 Å². The van der Waals surface area contributed by atoms with Crippen molar-refractivity contribution in [1.82, 2.24) is 9.97 Å². The summed E-state index contributed by atoms with van der Waals surface area (Å²) in [7, 11) is 0. The largest absolute Gasteiger partial charge is 0.252 e. The first-order valence-corrected chi connectivity index (χ1v) is 11.1. The lowest BCUT2D eigenvalue weighted by atomic mass is 9.74. The lowest BCUT2D eigenvalue weighted by molar-refractivity contribution is 0.609. The highest BCUT2D eigenvalue weighted by Crippen LogP contribution is 2.45. The Bertz CT molecular complexity index is 1300. The van der Waals surface area contributed by atoms with Crippen LogP contribution < -0.4 is 10.4 Å². The van der Waals surface area contributed by atoms with Crippen molar-refractivity contribution in [3.63, 3.8) is 0 Å². The highest BCUT2D eigenvalue weighted by molar-refractivity contribution is 7.17. The molecule has 0 saturated heterocycles. The minimum Gasteiger partial charge on any atom is -0.252 e. The van der Waals surface area contributed by atoms with Crippen molar-refractivity contribution in [3.8, 4) is 11.3 Å². The van der Waals surface area contributed by atoms with Gasteiger partial charge in [0.2, 0.25) is 0 Å². The Morgan fingerprint density at radius 2 is 2.03 bits per heavy atom. The van der Waals surface area contributed by atoms with E-state index in [-0.39, 0.29) is 5.41 Å². The molecule has 144 valence electrons. The van der Waals surface area contributed by atoms with Gasteiger partial charge in [-0.15, -0.1) is 0 Å². The van der Waals surface area contributed by atoms with E-state index in [1.165, 1.54) is 32.5 Å². The fourth-order valence-corrected chi connectivity index (χ4v) is 5.78. The number of benzene rings is 1. The maximum Gasteiger partial charge on any atom is 0.190 e. The van der Waals surface area contributed by atoms with E-state index >= 15 is 0 Å². The van der Waals surface area contributed by atoms with Crippen LogP contribution in [0.3, 0.4) is 0 Å². The lowest BCUT2D eigenvalue weighted by Crippen LogP contribution is -2.30. The van der Waals surface area contributed by atoms with Crippen LogP contribution in [0.15, 0.2) is 48.1 Å². The molecule has 0 spiro atoms. The van der Waals surface area contributed by atoms with Crippen LogP contribution in [-0.4, -0.2) is 9.97 Å². The molecule has 0 aliphatic heterocycles. The number of fused-ring (bicyclic) bond motifs is 3. The molecule has 0 unspecified atom stereocenters. The van der Waals surface area contributed by atoms with Gasteiger partial charge in [0, 0.05) is 40.6 Å². The number of nitrogens with zero attached hydrogens (tertiary/aromatic N) is 2. The van der Waals surface area contributed by atoms with Crippen LogP contribution in [0.4, 0.5) is 0 Å². The second-order valence-corrected chi connectivity index (χ2v) is 9.87. The van der Waals surface area contributed by atoms with Crippen molar-refractivity contribution in [2.75, 3.05) is 0 Å². The third-order valence-corrected chi connectivity index (χ3v) is 7.12. The van der Waals surface area contributed by atoms with E-state index in [0.29, 0.717) is 5.92 Å². The van der Waals surface area contributed by atoms with Gasteiger partial charge in [0.15, 0.2) is 4.70 Å². The standard InChI is InChI=1S/C26H25N2S/c1-15(2)10-18-13-29-25-23(27-14-28-24(18)25)17-11-16(3)22-19-8-6-7-9-20(19)26(4,5)21(22)12-17/h6-9,11-15H,3,10H2,1-2,4-5H3/q+1. The fraction of sp³-hybridized carbons (Fsp3) is 0.269. The van der Waals surface area contributed by atoms with Crippen LogP contribution in [-0.2, 0) is 11.8 Å². The smallest absolute Gasteiger partial charge is 0.190 e. The molecule has 2 aliphatic carbocycles. The van der Waals surface area contributed by atoms with E-state index in [0.717, 1.165) is 28.4 Å². The topological polar surface area (TPSA) is 25.8 Å². The Kier molecular flexibility index (Phi) is 4.08. The Morgan fingerprint density at radius 3 is 2.83 bits per heavy atom. The molecule has 0 amide bonds. The quantitative estimate of drug-likeness (QED) is 0.453. The number of thiophene rings is 1. The van der Waals surface area contributed by atoms with E-state index in [9.17, 15) is 0 Å². The molecular formula is C26H25N2S+. The molecule has 2 aromatic heterocycles. The van der Waals surface area contributed by atoms with E-state index in [2.05, 4.69) is 81.1 Å². The van der Waals surface area contributed by atoms with Gasteiger partial charge in [-0.2, -0.15) is 0 Å². The van der Waals surface area contributed by atoms with Crippen molar-refractivity contribution in [2.24, 2.45) is 5.92 Å². The summed E-state index contributed by atoms with van der Waals surface area (Å²) in [4.78, 5) is 9.32. The van der Waals surface area contributed by atoms with E-state index in [4.69, 9.17) is 4.98 Å². The van der Waals surface area contributed by atoms with Crippen LogP contribution >= 0.6 is 11.3 Å². The predicted octanol–water partition coefficient (Wildman–Crippen LogP) is 5.11. The summed E-state index contributed by atoms with van der Waals surface area (Å²) in [5, 5.41) is 4.61. The molecule has 0 N–H and O–H groups in total. The van der Waals surface area contributed by atoms with Crippen molar-refractivity contribution in [3.05, 3.63) is 75.6 Å². The normalized spacial score (nSPS) is 16.7. The molecule has 2 aliphatic rings. The van der Waals surface area contributed by atoms with E-state index in [1.807, 2.05) is 0 Å². The Balaban J connectivity index is 1.74. The van der Waals surface area contributed by atoms with Gasteiger partial charge in [-0.05, 0) is 13.8 Å². The summed E-state index contributed by atoms with van der Waals surface area (Å²) >= 11 is 1.76. The van der Waals surface area contributed by atoms with Crippen molar-refractivity contribution < 1.29 is 0 Å². The molecule has 2 nitrogen and oxygen atoms in total. The highest BCUT2D eigenvalue weighted by atomic mass is 32.1. The Labute approximate surface area is 176 Å². The lowest BCUT2D eigenvalue weighted by Gasteiger charge is -2.24. The maximum absolute atomic E-state index is 4.70. The monoisotopic (exact) mass is 397 g/mol. The first-order chi connectivity index (χ1) is 13.9. The van der Waals surface area contributed by atoms with Gasteiger partial charge in [0.25, 0.3) is 0 Å². The third kappa shape index (κ3) is 2.71. The van der Waals surface area contributed by atoms with Gasteiger partial charge in [-0.1, -0.05) is 56.0 Å². The number of hydrogen-bond donors (Lipinski definition) is 0. The zero-order valence-electron chi connectivity index (χ0n) is 17.4. The zero-order valence-corrected chi connectivity index (χ0v) is 18.2. The molecule has 3 aromatic rings. The first-order valence-electron chi connectivity index (χ1n) is 10.2. The number of rotatable bonds is 3. The zero-order chi connectivity index (χ0) is 20.3. The van der Waals surface area contributed by atoms with Gasteiger partial charge in [-0.25, -0.2) is 0 Å². The summed E-state index contributed by atoms with van der Waals surface area (Å²) in [6.45, 7) is 13.5. The van der Waals surface area contributed by atoms with Gasteiger partial charge in [-0.3, -0.25) is 9.97 Å². The average molecular weight is 398 g/mol. The second-order valence-electron chi connectivity index (χ2n) is 8.99. The third-order valence-electron chi connectivity index (χ3n) is 6.09. The van der Waals surface area contributed by atoms with Crippen LogP contribution in [0.5, 0.6) is 0 Å². The van der Waals surface area contributed by atoms with Crippen LogP contribution in [0, 0.1) is 11.8 Å². The molecule has 1 aromatic carbocycles. The van der Waals surface area contributed by atoms with Crippen molar-refractivity contribution in [1.29, 1.82) is 0 Å². The molecule has 0 fully saturated rings. The maximum atomic E-state index is 4.70. The molecule has 29 heavy (non-hydrogen) atoms. The average Bonchev–Trinajstić information content (AvgIpc) is 3.19. The molecule has 0 bridgehead atoms. The molecule has 0 radical (unpaired) electrons. The Morgan fingerprint density at radius 1 is 1.21 bits per heavy atom. The Hall–Kier alpha value is -2.65. The molecular weight excluding hydrogens is 372 g/mol. The minimum absolute atomic E-state index is 0.0429. The first kappa shape index (κ1) is 18.4. The van der Waals surface area contributed by atoms with E-state index < -0.39 is 0 Å². The van der Waals surface area contributed by atoms with E-state index in [1.54, 1.807) is 17.7 Å². The molecule has 5 rings (SSSR count). The summed E-state index contributed by atoms with van der Waals surface area (Å²) < 4.78 is 1.18. The molecule has 0 saturated carbocycles. The minimum atomic E-state index is -0.0429. The second kappa shape index (κ2) is 6.43. The van der Waals surface area contributed by atoms with Gasteiger partial charge < -0.3 is 0 Å². The number of aromatic nitrogens is 2. The molecule has 3 heteroatoms. The number of allylic oxidation sites excluding steroid dienone is 4. The van der Waals surface area contributed by atoms with Gasteiger partial charge >= 0.3 is 0 Å². The predicted molar refractivity (Wildman–Crippen MR) is 124 cm³/mol. The summed E-state index contributed by atoms with van der Waals surface area (Å²) in [5.74, 6) is 1.98. The summed E-state index contributed by atoms with van der Waals surface area (Å²) in [5.41, 5.74) is 7.20. The van der Waals surface area contributed by atoms with Gasteiger partial charge in [0.05, 0.1) is 27.6 Å². The molecule has 0 atom stereocenters. The van der Waals surface area contributed by atoms with Gasteiger partial charge in [0.1, 0.15) is 23.2 Å². The number of hydrogen-bond acceptors (Lipinski definition) is 2. The molecule has 2 heterocycles.